The molecule has 0 N–H and O–H groups in total. The molecular weight excluding hydrogens is 268 g/mol. The van der Waals surface area contributed by atoms with Crippen LogP contribution >= 0.6 is 0 Å². The normalized spacial score (nSPS) is 11.6. The molecule has 0 amide bonds. The minimum Gasteiger partial charge on any atom is -0.302 e. The van der Waals surface area contributed by atoms with Crippen LogP contribution in [-0.2, 0) is 0 Å². The number of aromatic nitrogens is 2. The molecule has 0 aliphatic carbocycles. The molecule has 4 aromatic rings. The number of para-hydroxylation sites is 1. The number of nitrogens with zero attached hydrogens (tertiary/aromatic N) is 2. The van der Waals surface area contributed by atoms with E-state index in [-0.39, 0.29) is 0 Å². The van der Waals surface area contributed by atoms with Crippen molar-refractivity contribution in [2.45, 2.75) is 27.7 Å². The molecule has 0 saturated carbocycles. The van der Waals surface area contributed by atoms with E-state index >= 15 is 0 Å². The monoisotopic (exact) mass is 288 g/mol. The summed E-state index contributed by atoms with van der Waals surface area (Å²) < 4.78 is 4.71. The molecule has 0 radical (unpaired) electrons. The Hall–Kier alpha value is -2.48. The van der Waals surface area contributed by atoms with Crippen LogP contribution in [0.4, 0.5) is 0 Å². The lowest BCUT2D eigenvalue weighted by molar-refractivity contribution is 0.979. The summed E-state index contributed by atoms with van der Waals surface area (Å²) >= 11 is 0. The van der Waals surface area contributed by atoms with Crippen molar-refractivity contribution in [1.29, 1.82) is 0 Å². The van der Waals surface area contributed by atoms with Crippen molar-refractivity contribution in [2.75, 3.05) is 0 Å². The summed E-state index contributed by atoms with van der Waals surface area (Å²) in [6.07, 6.45) is 2.15. The predicted molar refractivity (Wildman–Crippen MR) is 93.2 cm³/mol. The van der Waals surface area contributed by atoms with Crippen molar-refractivity contribution in [1.82, 2.24) is 8.97 Å². The number of pyridine rings is 1. The average Bonchev–Trinajstić information content (AvgIpc) is 2.98. The van der Waals surface area contributed by atoms with Crippen LogP contribution in [0, 0.1) is 27.7 Å². The Kier molecular flexibility index (Phi) is 2.70. The Balaban J connectivity index is 2.24. The highest BCUT2D eigenvalue weighted by Gasteiger charge is 2.18. The van der Waals surface area contributed by atoms with Gasteiger partial charge in [0.1, 0.15) is 5.65 Å². The van der Waals surface area contributed by atoms with E-state index in [4.69, 9.17) is 0 Å². The first-order valence-corrected chi connectivity index (χ1v) is 7.74. The van der Waals surface area contributed by atoms with Gasteiger partial charge in [-0.3, -0.25) is 4.57 Å². The van der Waals surface area contributed by atoms with Crippen LogP contribution in [0.3, 0.4) is 0 Å². The van der Waals surface area contributed by atoms with Gasteiger partial charge in [0.2, 0.25) is 0 Å². The van der Waals surface area contributed by atoms with Crippen molar-refractivity contribution in [2.24, 2.45) is 0 Å². The van der Waals surface area contributed by atoms with Crippen LogP contribution in [0.15, 0.2) is 48.7 Å². The number of aryl methyl sites for hydroxylation is 3. The fraction of sp³-hybridized carbons (Fsp3) is 0.200. The quantitative estimate of drug-likeness (QED) is 0.460. The van der Waals surface area contributed by atoms with Gasteiger partial charge in [-0.05, 0) is 62.6 Å². The molecule has 22 heavy (non-hydrogen) atoms. The standard InChI is InChI=1S/C20H20N2/c1-13-8-7-9-14(2)19(13)22-16(4)15(3)18-12-17-10-5-6-11-21(17)20(18)22/h5-12H,1-4H3. The maximum absolute atomic E-state index is 2.42. The van der Waals surface area contributed by atoms with Crippen molar-refractivity contribution in [3.8, 4) is 5.69 Å². The third-order valence-electron chi connectivity index (χ3n) is 4.81. The summed E-state index contributed by atoms with van der Waals surface area (Å²) in [7, 11) is 0. The first kappa shape index (κ1) is 13.2. The molecular formula is C20H20N2. The summed E-state index contributed by atoms with van der Waals surface area (Å²) in [6, 6.07) is 15.2. The third-order valence-corrected chi connectivity index (χ3v) is 4.81. The zero-order chi connectivity index (χ0) is 15.4. The summed E-state index contributed by atoms with van der Waals surface area (Å²) in [5.74, 6) is 0. The van der Waals surface area contributed by atoms with Crippen LogP contribution in [0.1, 0.15) is 22.4 Å². The van der Waals surface area contributed by atoms with Crippen molar-refractivity contribution in [3.63, 3.8) is 0 Å². The maximum atomic E-state index is 2.42. The lowest BCUT2D eigenvalue weighted by Gasteiger charge is -2.15. The molecule has 2 nitrogen and oxygen atoms in total. The number of benzene rings is 1. The number of hydrogen-bond acceptors (Lipinski definition) is 0. The van der Waals surface area contributed by atoms with Gasteiger partial charge in [-0.1, -0.05) is 24.3 Å². The molecule has 0 fully saturated rings. The third kappa shape index (κ3) is 1.61. The van der Waals surface area contributed by atoms with Gasteiger partial charge in [-0.15, -0.1) is 0 Å². The molecule has 0 spiro atoms. The van der Waals surface area contributed by atoms with E-state index in [2.05, 4.69) is 85.3 Å². The number of hydrogen-bond donors (Lipinski definition) is 0. The first-order chi connectivity index (χ1) is 10.6. The van der Waals surface area contributed by atoms with Crippen LogP contribution < -0.4 is 0 Å². The fourth-order valence-electron chi connectivity index (χ4n) is 3.57. The molecule has 0 atom stereocenters. The summed E-state index contributed by atoms with van der Waals surface area (Å²) in [5.41, 5.74) is 9.12. The van der Waals surface area contributed by atoms with Crippen LogP contribution in [0.5, 0.6) is 0 Å². The Morgan fingerprint density at radius 1 is 0.818 bits per heavy atom. The van der Waals surface area contributed by atoms with Gasteiger partial charge in [-0.2, -0.15) is 0 Å². The van der Waals surface area contributed by atoms with E-state index in [0.717, 1.165) is 0 Å². The molecule has 0 saturated heterocycles. The van der Waals surface area contributed by atoms with E-state index in [1.807, 2.05) is 0 Å². The van der Waals surface area contributed by atoms with Gasteiger partial charge in [-0.25, -0.2) is 0 Å². The second-order valence-electron chi connectivity index (χ2n) is 6.16. The minimum absolute atomic E-state index is 1.25. The topological polar surface area (TPSA) is 9.34 Å². The minimum atomic E-state index is 1.25. The van der Waals surface area contributed by atoms with Crippen LogP contribution in [0.2, 0.25) is 0 Å². The molecule has 0 bridgehead atoms. The zero-order valence-corrected chi connectivity index (χ0v) is 13.5. The van der Waals surface area contributed by atoms with Crippen molar-refractivity contribution >= 4 is 16.6 Å². The van der Waals surface area contributed by atoms with Gasteiger partial charge in [0.05, 0.1) is 5.69 Å². The van der Waals surface area contributed by atoms with Crippen molar-refractivity contribution in [3.05, 3.63) is 71.0 Å². The van der Waals surface area contributed by atoms with Crippen molar-refractivity contribution < 1.29 is 0 Å². The van der Waals surface area contributed by atoms with Gasteiger partial charge in [0, 0.05) is 22.8 Å². The zero-order valence-electron chi connectivity index (χ0n) is 13.5. The molecule has 3 heterocycles. The largest absolute Gasteiger partial charge is 0.302 e. The van der Waals surface area contributed by atoms with E-state index < -0.39 is 0 Å². The van der Waals surface area contributed by atoms with E-state index in [9.17, 15) is 0 Å². The molecule has 0 aliphatic heterocycles. The summed E-state index contributed by atoms with van der Waals surface area (Å²) in [4.78, 5) is 0. The SMILES string of the molecule is Cc1cccc(C)c1-n1c(C)c(C)c2cc3ccccn3c21. The molecule has 4 rings (SSSR count). The summed E-state index contributed by atoms with van der Waals surface area (Å²) in [5, 5.41) is 1.34. The Morgan fingerprint density at radius 3 is 2.27 bits per heavy atom. The Labute approximate surface area is 130 Å². The molecule has 3 aromatic heterocycles. The predicted octanol–water partition coefficient (Wildman–Crippen LogP) is 5.12. The number of fused-ring (bicyclic) bond motifs is 3. The maximum Gasteiger partial charge on any atom is 0.129 e. The van der Waals surface area contributed by atoms with E-state index in [1.165, 1.54) is 44.6 Å². The average molecular weight is 288 g/mol. The highest BCUT2D eigenvalue weighted by Crippen LogP contribution is 2.33. The lowest BCUT2D eigenvalue weighted by atomic mass is 10.1. The Bertz CT molecular complexity index is 995. The molecule has 2 heteroatoms. The second-order valence-corrected chi connectivity index (χ2v) is 6.16. The smallest absolute Gasteiger partial charge is 0.129 e. The highest BCUT2D eigenvalue weighted by molar-refractivity contribution is 5.91. The van der Waals surface area contributed by atoms with Gasteiger partial charge >= 0.3 is 0 Å². The fourth-order valence-corrected chi connectivity index (χ4v) is 3.57. The van der Waals surface area contributed by atoms with Gasteiger partial charge < -0.3 is 4.40 Å². The molecule has 110 valence electrons. The van der Waals surface area contributed by atoms with E-state index in [0.29, 0.717) is 0 Å². The Morgan fingerprint density at radius 2 is 1.55 bits per heavy atom. The molecule has 0 unspecified atom stereocenters. The van der Waals surface area contributed by atoms with Gasteiger partial charge in [0.25, 0.3) is 0 Å². The number of rotatable bonds is 1. The van der Waals surface area contributed by atoms with E-state index in [1.54, 1.807) is 0 Å². The molecule has 1 aromatic carbocycles. The highest BCUT2D eigenvalue weighted by atomic mass is 15.1. The van der Waals surface area contributed by atoms with Crippen LogP contribution in [0.25, 0.3) is 22.2 Å². The van der Waals surface area contributed by atoms with Crippen LogP contribution in [-0.4, -0.2) is 8.97 Å². The second kappa shape index (κ2) is 4.51. The van der Waals surface area contributed by atoms with Gasteiger partial charge in [0.15, 0.2) is 0 Å². The lowest BCUT2D eigenvalue weighted by Crippen LogP contribution is -2.04. The summed E-state index contributed by atoms with van der Waals surface area (Å²) in [6.45, 7) is 8.83. The molecule has 0 aliphatic rings. The first-order valence-electron chi connectivity index (χ1n) is 7.74.